The lowest BCUT2D eigenvalue weighted by Crippen LogP contribution is -2.33. The van der Waals surface area contributed by atoms with Crippen molar-refractivity contribution >= 4 is 28.6 Å². The van der Waals surface area contributed by atoms with Crippen molar-refractivity contribution < 1.29 is 14.3 Å². The van der Waals surface area contributed by atoms with Crippen LogP contribution in [-0.2, 0) is 14.3 Å². The summed E-state index contributed by atoms with van der Waals surface area (Å²) in [6, 6.07) is 0. The molecule has 2 aliphatic carbocycles. The highest BCUT2D eigenvalue weighted by Crippen LogP contribution is 2.36. The first kappa shape index (κ1) is 17.5. The number of halogens is 1. The predicted molar refractivity (Wildman–Crippen MR) is 92.7 cm³/mol. The fourth-order valence-corrected chi connectivity index (χ4v) is 3.83. The van der Waals surface area contributed by atoms with Gasteiger partial charge in [0, 0.05) is 17.6 Å². The summed E-state index contributed by atoms with van der Waals surface area (Å²) in [6.45, 7) is 3.85. The van der Waals surface area contributed by atoms with Crippen molar-refractivity contribution in [3.63, 3.8) is 0 Å². The van der Waals surface area contributed by atoms with E-state index in [0.29, 0.717) is 5.92 Å². The molecule has 0 radical (unpaired) electrons. The number of ether oxygens (including phenoxy) is 2. The van der Waals surface area contributed by atoms with Gasteiger partial charge in [0.05, 0.1) is 5.92 Å². The minimum atomic E-state index is -0.170. The van der Waals surface area contributed by atoms with Crippen molar-refractivity contribution in [2.75, 3.05) is 17.6 Å². The van der Waals surface area contributed by atoms with E-state index in [0.717, 1.165) is 62.6 Å². The minimum Gasteiger partial charge on any atom is -0.459 e. The lowest BCUT2D eigenvalue weighted by Gasteiger charge is -2.31. The Balaban J connectivity index is 1.65. The molecule has 2 aliphatic rings. The van der Waals surface area contributed by atoms with Gasteiger partial charge in [0.2, 0.25) is 0 Å². The van der Waals surface area contributed by atoms with Gasteiger partial charge in [-0.2, -0.15) is 0 Å². The van der Waals surface area contributed by atoms with E-state index < -0.39 is 0 Å². The van der Waals surface area contributed by atoms with Crippen LogP contribution in [0.4, 0.5) is 0 Å². The number of carbonyl (C=O) groups excluding carboxylic acids is 1. The lowest BCUT2D eigenvalue weighted by atomic mass is 9.82. The molecule has 0 bridgehead atoms. The van der Waals surface area contributed by atoms with Crippen LogP contribution < -0.4 is 0 Å². The Kier molecular flexibility index (Phi) is 7.26. The van der Waals surface area contributed by atoms with Crippen LogP contribution in [0.25, 0.3) is 0 Å². The van der Waals surface area contributed by atoms with Gasteiger partial charge in [-0.15, -0.1) is 0 Å². The summed E-state index contributed by atoms with van der Waals surface area (Å²) in [5.74, 6) is 0.835. The maximum atomic E-state index is 12.3. The van der Waals surface area contributed by atoms with Gasteiger partial charge < -0.3 is 9.47 Å². The Morgan fingerprint density at radius 2 is 1.86 bits per heavy atom. The first-order valence-electron chi connectivity index (χ1n) is 8.49. The Labute approximate surface area is 142 Å². The maximum Gasteiger partial charge on any atom is 0.309 e. The Morgan fingerprint density at radius 3 is 2.48 bits per heavy atom. The van der Waals surface area contributed by atoms with Crippen molar-refractivity contribution in [2.45, 2.75) is 70.3 Å². The van der Waals surface area contributed by atoms with E-state index >= 15 is 0 Å². The van der Waals surface area contributed by atoms with Crippen molar-refractivity contribution in [1.82, 2.24) is 0 Å². The highest BCUT2D eigenvalue weighted by Gasteiger charge is 2.36. The maximum absolute atomic E-state index is 12.3. The number of esters is 1. The third-order valence-electron chi connectivity index (χ3n) is 4.96. The molecule has 0 unspecified atom stereocenters. The molecule has 0 spiro atoms. The molecular weight excluding hydrogens is 379 g/mol. The monoisotopic (exact) mass is 408 g/mol. The molecule has 0 N–H and O–H groups in total. The van der Waals surface area contributed by atoms with Crippen molar-refractivity contribution in [3.8, 4) is 0 Å². The predicted octanol–water partition coefficient (Wildman–Crippen LogP) is 4.51. The summed E-state index contributed by atoms with van der Waals surface area (Å²) >= 11 is 2.38. The molecular formula is C17H29IO3. The molecule has 0 aromatic rings. The number of carbonyl (C=O) groups is 1. The zero-order valence-corrected chi connectivity index (χ0v) is 15.4. The molecule has 0 aromatic carbocycles. The molecule has 0 saturated heterocycles. The van der Waals surface area contributed by atoms with Gasteiger partial charge in [0.25, 0.3) is 0 Å². The average Bonchev–Trinajstić information content (AvgIpc) is 2.90. The van der Waals surface area contributed by atoms with Crippen LogP contribution in [0.15, 0.2) is 0 Å². The molecule has 21 heavy (non-hydrogen) atoms. The van der Waals surface area contributed by atoms with Gasteiger partial charge in [-0.3, -0.25) is 4.79 Å². The van der Waals surface area contributed by atoms with Crippen LogP contribution in [0.2, 0.25) is 0 Å². The van der Waals surface area contributed by atoms with E-state index in [1.807, 2.05) is 0 Å². The fourth-order valence-electron chi connectivity index (χ4n) is 3.52. The van der Waals surface area contributed by atoms with E-state index in [-0.39, 0.29) is 17.5 Å². The Hall–Kier alpha value is 0.160. The number of alkyl halides is 1. The topological polar surface area (TPSA) is 35.5 Å². The van der Waals surface area contributed by atoms with Crippen LogP contribution >= 0.6 is 22.6 Å². The summed E-state index contributed by atoms with van der Waals surface area (Å²) in [5, 5.41) is 0. The van der Waals surface area contributed by atoms with E-state index in [9.17, 15) is 4.79 Å². The first-order valence-corrected chi connectivity index (χ1v) is 10.0. The Bertz CT molecular complexity index is 318. The van der Waals surface area contributed by atoms with Gasteiger partial charge in [-0.1, -0.05) is 22.6 Å². The van der Waals surface area contributed by atoms with Gasteiger partial charge >= 0.3 is 5.97 Å². The quantitative estimate of drug-likeness (QED) is 0.269. The molecule has 4 heteroatoms. The third-order valence-corrected chi connectivity index (χ3v) is 5.73. The van der Waals surface area contributed by atoms with E-state index in [4.69, 9.17) is 9.47 Å². The van der Waals surface area contributed by atoms with Crippen molar-refractivity contribution in [2.24, 2.45) is 11.8 Å². The number of rotatable bonds is 7. The van der Waals surface area contributed by atoms with E-state index in [1.165, 1.54) is 12.8 Å². The summed E-state index contributed by atoms with van der Waals surface area (Å²) in [7, 11) is 0. The van der Waals surface area contributed by atoms with Gasteiger partial charge in [-0.05, 0) is 70.6 Å². The first-order chi connectivity index (χ1) is 10.1. The number of hydrogen-bond acceptors (Lipinski definition) is 3. The third kappa shape index (κ3) is 5.70. The second kappa shape index (κ2) is 8.70. The molecule has 2 fully saturated rings. The summed E-state index contributed by atoms with van der Waals surface area (Å²) in [4.78, 5) is 12.3. The van der Waals surface area contributed by atoms with Crippen molar-refractivity contribution in [3.05, 3.63) is 0 Å². The molecule has 0 aromatic heterocycles. The van der Waals surface area contributed by atoms with Crippen LogP contribution in [0.5, 0.6) is 0 Å². The molecule has 3 nitrogen and oxygen atoms in total. The smallest absolute Gasteiger partial charge is 0.309 e. The zero-order chi connectivity index (χ0) is 15.1. The SMILES string of the molecule is CC1(OC(=O)C2CCC(COCCCI)CC2)CCCC1. The molecule has 0 aliphatic heterocycles. The van der Waals surface area contributed by atoms with Crippen molar-refractivity contribution in [1.29, 1.82) is 0 Å². The lowest BCUT2D eigenvalue weighted by molar-refractivity contribution is -0.164. The second-order valence-corrected chi connectivity index (χ2v) is 7.99. The highest BCUT2D eigenvalue weighted by atomic mass is 127. The second-order valence-electron chi connectivity index (χ2n) is 6.91. The minimum absolute atomic E-state index is 0.0590. The van der Waals surface area contributed by atoms with Crippen LogP contribution in [-0.4, -0.2) is 29.2 Å². The van der Waals surface area contributed by atoms with Gasteiger partial charge in [-0.25, -0.2) is 0 Å². The largest absolute Gasteiger partial charge is 0.459 e. The van der Waals surface area contributed by atoms with Gasteiger partial charge in [0.1, 0.15) is 5.60 Å². The summed E-state index contributed by atoms with van der Waals surface area (Å²) in [6.07, 6.45) is 9.81. The molecule has 2 saturated carbocycles. The van der Waals surface area contributed by atoms with Crippen LogP contribution in [0.3, 0.4) is 0 Å². The normalized spacial score (nSPS) is 28.5. The number of hydrogen-bond donors (Lipinski definition) is 0. The highest BCUT2D eigenvalue weighted by molar-refractivity contribution is 14.1. The van der Waals surface area contributed by atoms with E-state index in [2.05, 4.69) is 29.5 Å². The molecule has 2 rings (SSSR count). The summed E-state index contributed by atoms with van der Waals surface area (Å²) < 4.78 is 12.7. The fraction of sp³-hybridized carbons (Fsp3) is 0.941. The standard InChI is InChI=1S/C17H29IO3/c1-17(9-2-3-10-17)21-16(19)15-7-5-14(6-8-15)13-20-12-4-11-18/h14-15H,2-13H2,1H3. The van der Waals surface area contributed by atoms with Gasteiger partial charge in [0.15, 0.2) is 0 Å². The molecule has 122 valence electrons. The molecule has 0 heterocycles. The molecule has 0 amide bonds. The Morgan fingerprint density at radius 1 is 1.19 bits per heavy atom. The van der Waals surface area contributed by atoms with Crippen LogP contribution in [0, 0.1) is 11.8 Å². The van der Waals surface area contributed by atoms with Crippen LogP contribution in [0.1, 0.15) is 64.7 Å². The zero-order valence-electron chi connectivity index (χ0n) is 13.2. The summed E-state index contributed by atoms with van der Waals surface area (Å²) in [5.41, 5.74) is -0.170. The van der Waals surface area contributed by atoms with E-state index in [1.54, 1.807) is 0 Å². The average molecular weight is 408 g/mol. The molecule has 0 atom stereocenters.